The molecule has 1 aromatic rings. The zero-order chi connectivity index (χ0) is 20.0. The molecule has 1 fully saturated rings. The van der Waals surface area contributed by atoms with Crippen LogP contribution >= 0.6 is 0 Å². The lowest BCUT2D eigenvalue weighted by Gasteiger charge is -2.36. The number of nitrogens with zero attached hydrogens (tertiary/aromatic N) is 2. The van der Waals surface area contributed by atoms with Crippen molar-refractivity contribution in [2.45, 2.75) is 39.8 Å². The molecule has 2 rings (SSSR count). The average molecular weight is 377 g/mol. The second-order valence-electron chi connectivity index (χ2n) is 6.86. The molecule has 7 nitrogen and oxygen atoms in total. The molecular formula is C20H31N3O4. The molecule has 0 aliphatic carbocycles. The number of carbonyl (C=O) groups excluding carboxylic acids is 2. The quantitative estimate of drug-likeness (QED) is 0.702. The first kappa shape index (κ1) is 21.2. The monoisotopic (exact) mass is 377 g/mol. The highest BCUT2D eigenvalue weighted by atomic mass is 16.5. The molecule has 0 saturated carbocycles. The number of ether oxygens (including phenoxy) is 1. The summed E-state index contributed by atoms with van der Waals surface area (Å²) in [4.78, 5) is 28.7. The highest BCUT2D eigenvalue weighted by Gasteiger charge is 2.33. The van der Waals surface area contributed by atoms with E-state index in [1.54, 1.807) is 12.0 Å². The Labute approximate surface area is 161 Å². The molecule has 27 heavy (non-hydrogen) atoms. The molecule has 1 atom stereocenters. The summed E-state index contributed by atoms with van der Waals surface area (Å²) in [5.74, 6) is 0.626. The van der Waals surface area contributed by atoms with E-state index in [2.05, 4.69) is 17.1 Å². The van der Waals surface area contributed by atoms with Crippen molar-refractivity contribution in [1.29, 1.82) is 0 Å². The fraction of sp³-hybridized carbons (Fsp3) is 0.600. The van der Waals surface area contributed by atoms with E-state index in [0.29, 0.717) is 32.7 Å². The van der Waals surface area contributed by atoms with Crippen LogP contribution in [0.4, 0.5) is 0 Å². The summed E-state index contributed by atoms with van der Waals surface area (Å²) in [6.07, 6.45) is 0.119. The Bertz CT molecular complexity index is 677. The van der Waals surface area contributed by atoms with Crippen LogP contribution in [0.3, 0.4) is 0 Å². The van der Waals surface area contributed by atoms with E-state index >= 15 is 0 Å². The van der Waals surface area contributed by atoms with Gasteiger partial charge in [-0.3, -0.25) is 14.5 Å². The maximum absolute atomic E-state index is 12.6. The molecule has 7 heteroatoms. The molecule has 1 saturated heterocycles. The molecular weight excluding hydrogens is 346 g/mol. The van der Waals surface area contributed by atoms with Gasteiger partial charge in [0, 0.05) is 32.7 Å². The average Bonchev–Trinajstić information content (AvgIpc) is 2.66. The van der Waals surface area contributed by atoms with E-state index in [-0.39, 0.29) is 24.8 Å². The SMILES string of the molecule is CCN(CCO)C(=O)C[C@@H]1C(=O)NCCN1Cc1ccc(OC)c(C)c1C. The molecule has 1 aliphatic rings. The number of benzene rings is 1. The van der Waals surface area contributed by atoms with Crippen LogP contribution in [0.1, 0.15) is 30.0 Å². The molecule has 0 spiro atoms. The van der Waals surface area contributed by atoms with Crippen LogP contribution in [0.15, 0.2) is 12.1 Å². The van der Waals surface area contributed by atoms with Gasteiger partial charge in [0.05, 0.1) is 26.2 Å². The van der Waals surface area contributed by atoms with Gasteiger partial charge in [0.2, 0.25) is 11.8 Å². The molecule has 0 radical (unpaired) electrons. The lowest BCUT2D eigenvalue weighted by Crippen LogP contribution is -2.56. The summed E-state index contributed by atoms with van der Waals surface area (Å²) in [5.41, 5.74) is 3.35. The largest absolute Gasteiger partial charge is 0.496 e. The standard InChI is InChI=1S/C20H31N3O4/c1-5-22(10-11-24)19(25)12-17-20(26)21-8-9-23(17)13-16-6-7-18(27-4)15(3)14(16)2/h6-7,17,24H,5,8-13H2,1-4H3,(H,21,26)/t17-/m1/s1. The van der Waals surface area contributed by atoms with Gasteiger partial charge in [-0.05, 0) is 43.5 Å². The first-order valence-corrected chi connectivity index (χ1v) is 9.46. The predicted molar refractivity (Wildman–Crippen MR) is 104 cm³/mol. The van der Waals surface area contributed by atoms with E-state index in [1.165, 1.54) is 0 Å². The van der Waals surface area contributed by atoms with Crippen LogP contribution in [-0.4, -0.2) is 72.7 Å². The Morgan fingerprint density at radius 3 is 2.74 bits per heavy atom. The number of piperazine rings is 1. The Morgan fingerprint density at radius 1 is 1.37 bits per heavy atom. The number of likely N-dealkylation sites (N-methyl/N-ethyl adjacent to an activating group) is 1. The Morgan fingerprint density at radius 2 is 2.11 bits per heavy atom. The fourth-order valence-corrected chi connectivity index (χ4v) is 3.51. The van der Waals surface area contributed by atoms with E-state index in [4.69, 9.17) is 9.84 Å². The molecule has 1 heterocycles. The topological polar surface area (TPSA) is 82.1 Å². The lowest BCUT2D eigenvalue weighted by atomic mass is 10.00. The van der Waals surface area contributed by atoms with Crippen LogP contribution in [0, 0.1) is 13.8 Å². The van der Waals surface area contributed by atoms with Crippen LogP contribution in [0.5, 0.6) is 5.75 Å². The minimum atomic E-state index is -0.499. The van der Waals surface area contributed by atoms with Crippen molar-refractivity contribution in [3.63, 3.8) is 0 Å². The third-order valence-corrected chi connectivity index (χ3v) is 5.36. The van der Waals surface area contributed by atoms with Gasteiger partial charge >= 0.3 is 0 Å². The van der Waals surface area contributed by atoms with Crippen LogP contribution in [0.25, 0.3) is 0 Å². The molecule has 1 aromatic carbocycles. The van der Waals surface area contributed by atoms with Crippen molar-refractivity contribution >= 4 is 11.8 Å². The van der Waals surface area contributed by atoms with Gasteiger partial charge in [0.15, 0.2) is 0 Å². The first-order valence-electron chi connectivity index (χ1n) is 9.46. The Kier molecular flexibility index (Phi) is 7.62. The lowest BCUT2D eigenvalue weighted by molar-refractivity contribution is -0.139. The minimum Gasteiger partial charge on any atom is -0.496 e. The Hall–Kier alpha value is -2.12. The van der Waals surface area contributed by atoms with Crippen LogP contribution < -0.4 is 10.1 Å². The van der Waals surface area contributed by atoms with Crippen molar-refractivity contribution in [3.8, 4) is 5.75 Å². The maximum Gasteiger partial charge on any atom is 0.237 e. The fourth-order valence-electron chi connectivity index (χ4n) is 3.51. The number of amides is 2. The van der Waals surface area contributed by atoms with Gasteiger partial charge in [0.1, 0.15) is 5.75 Å². The molecule has 0 aromatic heterocycles. The van der Waals surface area contributed by atoms with Crippen molar-refractivity contribution in [1.82, 2.24) is 15.1 Å². The summed E-state index contributed by atoms with van der Waals surface area (Å²) in [6.45, 7) is 8.55. The molecule has 1 aliphatic heterocycles. The van der Waals surface area contributed by atoms with E-state index in [1.807, 2.05) is 26.0 Å². The van der Waals surface area contributed by atoms with Crippen LogP contribution in [0.2, 0.25) is 0 Å². The van der Waals surface area contributed by atoms with E-state index < -0.39 is 6.04 Å². The summed E-state index contributed by atoms with van der Waals surface area (Å²) >= 11 is 0. The smallest absolute Gasteiger partial charge is 0.237 e. The van der Waals surface area contributed by atoms with Crippen molar-refractivity contribution < 1.29 is 19.4 Å². The van der Waals surface area contributed by atoms with Gasteiger partial charge < -0.3 is 20.1 Å². The highest BCUT2D eigenvalue weighted by Crippen LogP contribution is 2.26. The summed E-state index contributed by atoms with van der Waals surface area (Å²) in [7, 11) is 1.66. The van der Waals surface area contributed by atoms with Gasteiger partial charge in [-0.15, -0.1) is 0 Å². The Balaban J connectivity index is 2.17. The number of methoxy groups -OCH3 is 1. The zero-order valence-corrected chi connectivity index (χ0v) is 16.7. The third-order valence-electron chi connectivity index (χ3n) is 5.36. The second kappa shape index (κ2) is 9.71. The molecule has 150 valence electrons. The molecule has 2 amide bonds. The molecule has 0 bridgehead atoms. The first-order chi connectivity index (χ1) is 12.9. The van der Waals surface area contributed by atoms with Crippen molar-refractivity contribution in [2.75, 3.05) is 39.9 Å². The molecule has 2 N–H and O–H groups in total. The van der Waals surface area contributed by atoms with Gasteiger partial charge in [0.25, 0.3) is 0 Å². The summed E-state index contributed by atoms with van der Waals surface area (Å²) in [5, 5.41) is 12.0. The van der Waals surface area contributed by atoms with Gasteiger partial charge in [-0.2, -0.15) is 0 Å². The predicted octanol–water partition coefficient (Wildman–Crippen LogP) is 0.843. The normalized spacial score (nSPS) is 17.5. The van der Waals surface area contributed by atoms with E-state index in [0.717, 1.165) is 22.4 Å². The second-order valence-corrected chi connectivity index (χ2v) is 6.86. The molecule has 0 unspecified atom stereocenters. The number of hydrogen-bond acceptors (Lipinski definition) is 5. The number of hydrogen-bond donors (Lipinski definition) is 2. The number of aliphatic hydroxyl groups excluding tert-OH is 1. The third kappa shape index (κ3) is 4.99. The highest BCUT2D eigenvalue weighted by molar-refractivity contribution is 5.88. The summed E-state index contributed by atoms with van der Waals surface area (Å²) < 4.78 is 5.37. The van der Waals surface area contributed by atoms with Crippen LogP contribution in [-0.2, 0) is 16.1 Å². The number of nitrogens with one attached hydrogen (secondary N) is 1. The van der Waals surface area contributed by atoms with E-state index in [9.17, 15) is 9.59 Å². The minimum absolute atomic E-state index is 0.0789. The van der Waals surface area contributed by atoms with Crippen molar-refractivity contribution in [3.05, 3.63) is 28.8 Å². The van der Waals surface area contributed by atoms with Crippen molar-refractivity contribution in [2.24, 2.45) is 0 Å². The number of carbonyl (C=O) groups is 2. The summed E-state index contributed by atoms with van der Waals surface area (Å²) in [6, 6.07) is 3.47. The van der Waals surface area contributed by atoms with Gasteiger partial charge in [-0.1, -0.05) is 6.07 Å². The number of aliphatic hydroxyl groups is 1. The maximum atomic E-state index is 12.6. The zero-order valence-electron chi connectivity index (χ0n) is 16.7. The van der Waals surface area contributed by atoms with Gasteiger partial charge in [-0.25, -0.2) is 0 Å². The number of rotatable bonds is 8.